The van der Waals surface area contributed by atoms with Crippen LogP contribution in [-0.2, 0) is 0 Å². The second kappa shape index (κ2) is 5.09. The Kier molecular flexibility index (Phi) is 3.13. The van der Waals surface area contributed by atoms with E-state index in [1.807, 2.05) is 49.5 Å². The molecule has 98 valence electrons. The predicted molar refractivity (Wildman–Crippen MR) is 76.9 cm³/mol. The van der Waals surface area contributed by atoms with E-state index < -0.39 is 0 Å². The van der Waals surface area contributed by atoms with Gasteiger partial charge in [0.05, 0.1) is 11.9 Å². The second-order valence-electron chi connectivity index (χ2n) is 4.57. The molecule has 3 rings (SSSR count). The fourth-order valence-corrected chi connectivity index (χ4v) is 2.07. The van der Waals surface area contributed by atoms with Crippen LogP contribution in [0.15, 0.2) is 54.7 Å². The third kappa shape index (κ3) is 2.23. The summed E-state index contributed by atoms with van der Waals surface area (Å²) < 4.78 is 1.76. The van der Waals surface area contributed by atoms with Gasteiger partial charge in [-0.1, -0.05) is 47.7 Å². The summed E-state index contributed by atoms with van der Waals surface area (Å²) in [5, 5.41) is 8.35. The number of benzene rings is 2. The summed E-state index contributed by atoms with van der Waals surface area (Å²) in [6, 6.07) is 15.3. The zero-order chi connectivity index (χ0) is 13.9. The van der Waals surface area contributed by atoms with E-state index in [1.165, 1.54) is 0 Å². The van der Waals surface area contributed by atoms with Crippen molar-refractivity contribution in [2.45, 2.75) is 6.92 Å². The van der Waals surface area contributed by atoms with Gasteiger partial charge in [0.15, 0.2) is 0 Å². The largest absolute Gasteiger partial charge is 0.298 e. The highest BCUT2D eigenvalue weighted by molar-refractivity contribution is 5.76. The molecule has 1 aromatic heterocycles. The van der Waals surface area contributed by atoms with Crippen LogP contribution in [0.3, 0.4) is 0 Å². The average Bonchev–Trinajstić information content (AvgIpc) is 2.97. The van der Waals surface area contributed by atoms with Gasteiger partial charge in [-0.15, -0.1) is 5.10 Å². The van der Waals surface area contributed by atoms with Crippen LogP contribution in [0.25, 0.3) is 16.9 Å². The monoisotopic (exact) mass is 263 g/mol. The zero-order valence-corrected chi connectivity index (χ0v) is 11.0. The van der Waals surface area contributed by atoms with Gasteiger partial charge in [0.1, 0.15) is 12.0 Å². The van der Waals surface area contributed by atoms with Gasteiger partial charge in [-0.25, -0.2) is 4.68 Å². The number of hydrogen-bond acceptors (Lipinski definition) is 3. The Balaban J connectivity index is 1.97. The summed E-state index contributed by atoms with van der Waals surface area (Å²) in [7, 11) is 0. The fraction of sp³-hybridized carbons (Fsp3) is 0.0625. The summed E-state index contributed by atoms with van der Waals surface area (Å²) >= 11 is 0. The quantitative estimate of drug-likeness (QED) is 0.682. The third-order valence-corrected chi connectivity index (χ3v) is 3.20. The Morgan fingerprint density at radius 1 is 1.05 bits per heavy atom. The summed E-state index contributed by atoms with van der Waals surface area (Å²) in [5.41, 5.74) is 4.53. The summed E-state index contributed by atoms with van der Waals surface area (Å²) in [4.78, 5) is 10.6. The highest BCUT2D eigenvalue weighted by Gasteiger charge is 2.06. The van der Waals surface area contributed by atoms with Gasteiger partial charge in [-0.05, 0) is 18.6 Å². The summed E-state index contributed by atoms with van der Waals surface area (Å²) in [6.45, 7) is 2.04. The number of aldehydes is 1. The average molecular weight is 263 g/mol. The molecule has 4 heteroatoms. The Morgan fingerprint density at radius 3 is 2.50 bits per heavy atom. The van der Waals surface area contributed by atoms with E-state index in [9.17, 15) is 4.79 Å². The minimum Gasteiger partial charge on any atom is -0.298 e. The highest BCUT2D eigenvalue weighted by atomic mass is 16.1. The summed E-state index contributed by atoms with van der Waals surface area (Å²) in [6.07, 6.45) is 2.71. The van der Waals surface area contributed by atoms with Crippen molar-refractivity contribution in [2.75, 3.05) is 0 Å². The molecule has 0 amide bonds. The van der Waals surface area contributed by atoms with Crippen LogP contribution in [0, 0.1) is 6.92 Å². The van der Waals surface area contributed by atoms with Crippen LogP contribution < -0.4 is 0 Å². The maximum absolute atomic E-state index is 10.6. The van der Waals surface area contributed by atoms with Crippen LogP contribution in [0.4, 0.5) is 0 Å². The second-order valence-corrected chi connectivity index (χ2v) is 4.57. The molecule has 0 aliphatic rings. The molecule has 0 atom stereocenters. The lowest BCUT2D eigenvalue weighted by Gasteiger charge is -2.03. The van der Waals surface area contributed by atoms with E-state index in [0.717, 1.165) is 28.8 Å². The minimum absolute atomic E-state index is 0.653. The van der Waals surface area contributed by atoms with Crippen LogP contribution >= 0.6 is 0 Å². The maximum atomic E-state index is 10.6. The molecule has 0 fully saturated rings. The Morgan fingerprint density at radius 2 is 1.80 bits per heavy atom. The lowest BCUT2D eigenvalue weighted by atomic mass is 10.1. The predicted octanol–water partition coefficient (Wildman–Crippen LogP) is 3.06. The van der Waals surface area contributed by atoms with Gasteiger partial charge in [-0.2, -0.15) is 0 Å². The van der Waals surface area contributed by atoms with Crippen molar-refractivity contribution in [3.05, 3.63) is 65.9 Å². The molecule has 0 saturated carbocycles. The molecule has 20 heavy (non-hydrogen) atoms. The normalized spacial score (nSPS) is 10.4. The molecule has 2 aromatic carbocycles. The number of carbonyl (C=O) groups is 1. The molecule has 1 heterocycles. The molecule has 0 N–H and O–H groups in total. The van der Waals surface area contributed by atoms with Crippen molar-refractivity contribution in [2.24, 2.45) is 0 Å². The van der Waals surface area contributed by atoms with Gasteiger partial charge < -0.3 is 0 Å². The zero-order valence-electron chi connectivity index (χ0n) is 11.0. The first-order valence-corrected chi connectivity index (χ1v) is 6.32. The van der Waals surface area contributed by atoms with E-state index in [1.54, 1.807) is 16.8 Å². The van der Waals surface area contributed by atoms with Crippen LogP contribution in [0.2, 0.25) is 0 Å². The van der Waals surface area contributed by atoms with Gasteiger partial charge >= 0.3 is 0 Å². The summed E-state index contributed by atoms with van der Waals surface area (Å²) in [5.74, 6) is 0. The smallest absolute Gasteiger partial charge is 0.150 e. The number of para-hydroxylation sites is 1. The molecule has 0 saturated heterocycles. The van der Waals surface area contributed by atoms with Crippen molar-refractivity contribution in [1.29, 1.82) is 0 Å². The van der Waals surface area contributed by atoms with Gasteiger partial charge in [0, 0.05) is 11.1 Å². The molecular weight excluding hydrogens is 250 g/mol. The number of rotatable bonds is 3. The van der Waals surface area contributed by atoms with E-state index in [0.29, 0.717) is 5.56 Å². The van der Waals surface area contributed by atoms with Crippen LogP contribution in [-0.4, -0.2) is 21.3 Å². The third-order valence-electron chi connectivity index (χ3n) is 3.20. The van der Waals surface area contributed by atoms with Gasteiger partial charge in [0.2, 0.25) is 0 Å². The van der Waals surface area contributed by atoms with E-state index in [-0.39, 0.29) is 0 Å². The van der Waals surface area contributed by atoms with Gasteiger partial charge in [-0.3, -0.25) is 4.79 Å². The van der Waals surface area contributed by atoms with Crippen molar-refractivity contribution < 1.29 is 4.79 Å². The first-order valence-electron chi connectivity index (χ1n) is 6.32. The number of aromatic nitrogens is 3. The van der Waals surface area contributed by atoms with Crippen molar-refractivity contribution in [1.82, 2.24) is 15.0 Å². The first-order chi connectivity index (χ1) is 9.78. The van der Waals surface area contributed by atoms with E-state index in [4.69, 9.17) is 0 Å². The molecule has 0 spiro atoms. The standard InChI is InChI=1S/C16H13N3O/c1-12-4-2-3-5-16(12)19-10-15(17-18-19)14-8-6-13(11-20)7-9-14/h2-11H,1H3. The molecule has 3 aromatic rings. The van der Waals surface area contributed by atoms with Crippen molar-refractivity contribution in [3.8, 4) is 16.9 Å². The minimum atomic E-state index is 0.653. The number of hydrogen-bond donors (Lipinski definition) is 0. The Labute approximate surface area is 116 Å². The molecule has 0 aliphatic carbocycles. The molecule has 0 radical (unpaired) electrons. The fourth-order valence-electron chi connectivity index (χ4n) is 2.07. The maximum Gasteiger partial charge on any atom is 0.150 e. The molecule has 4 nitrogen and oxygen atoms in total. The first kappa shape index (κ1) is 12.3. The molecule has 0 aliphatic heterocycles. The highest BCUT2D eigenvalue weighted by Crippen LogP contribution is 2.19. The van der Waals surface area contributed by atoms with Crippen molar-refractivity contribution >= 4 is 6.29 Å². The molecule has 0 unspecified atom stereocenters. The Bertz CT molecular complexity index is 744. The Hall–Kier alpha value is -2.75. The van der Waals surface area contributed by atoms with E-state index >= 15 is 0 Å². The number of carbonyl (C=O) groups excluding carboxylic acids is 1. The number of nitrogens with zero attached hydrogens (tertiary/aromatic N) is 3. The van der Waals surface area contributed by atoms with Crippen molar-refractivity contribution in [3.63, 3.8) is 0 Å². The molecular formula is C16H13N3O. The SMILES string of the molecule is Cc1ccccc1-n1cc(-c2ccc(C=O)cc2)nn1. The van der Waals surface area contributed by atoms with Crippen LogP contribution in [0.5, 0.6) is 0 Å². The lowest BCUT2D eigenvalue weighted by molar-refractivity contribution is 0.112. The van der Waals surface area contributed by atoms with Gasteiger partial charge in [0.25, 0.3) is 0 Å². The number of aryl methyl sites for hydroxylation is 1. The topological polar surface area (TPSA) is 47.8 Å². The molecule has 0 bridgehead atoms. The van der Waals surface area contributed by atoms with Crippen LogP contribution in [0.1, 0.15) is 15.9 Å². The van der Waals surface area contributed by atoms with E-state index in [2.05, 4.69) is 10.3 Å². The lowest BCUT2D eigenvalue weighted by Crippen LogP contribution is -1.96.